The molecule has 4 heteroatoms. The predicted molar refractivity (Wildman–Crippen MR) is 64.6 cm³/mol. The Bertz CT molecular complexity index is 398. The average molecular weight is 235 g/mol. The van der Waals surface area contributed by atoms with Gasteiger partial charge in [0.1, 0.15) is 0 Å². The van der Waals surface area contributed by atoms with Crippen molar-refractivity contribution in [2.45, 2.75) is 32.2 Å². The number of rotatable bonds is 5. The van der Waals surface area contributed by atoms with Gasteiger partial charge in [0.15, 0.2) is 0 Å². The number of carbonyl (C=O) groups excluding carboxylic acids is 1. The molecule has 2 N–H and O–H groups in total. The fourth-order valence-electron chi connectivity index (χ4n) is 1.63. The van der Waals surface area contributed by atoms with Crippen LogP contribution in [0.3, 0.4) is 0 Å². The fraction of sp³-hybridized carbons (Fsp3) is 0.385. The molecule has 0 bridgehead atoms. The highest BCUT2D eigenvalue weighted by Crippen LogP contribution is 2.09. The van der Waals surface area contributed by atoms with Gasteiger partial charge in [0.2, 0.25) is 5.91 Å². The molecule has 0 heterocycles. The molecule has 0 aliphatic heterocycles. The van der Waals surface area contributed by atoms with E-state index in [0.717, 1.165) is 5.56 Å². The SMILES string of the molecule is CC(C)(CC(=O)O)NC(=O)Cc1ccccc1. The highest BCUT2D eigenvalue weighted by Gasteiger charge is 2.23. The topological polar surface area (TPSA) is 66.4 Å². The third-order valence-electron chi connectivity index (χ3n) is 2.28. The number of carboxylic acids is 1. The molecule has 1 aromatic rings. The van der Waals surface area contributed by atoms with Gasteiger partial charge in [0, 0.05) is 5.54 Å². The molecule has 0 radical (unpaired) electrons. The second-order valence-electron chi connectivity index (χ2n) is 4.66. The smallest absolute Gasteiger partial charge is 0.305 e. The maximum Gasteiger partial charge on any atom is 0.305 e. The van der Waals surface area contributed by atoms with E-state index in [1.54, 1.807) is 13.8 Å². The molecule has 0 atom stereocenters. The monoisotopic (exact) mass is 235 g/mol. The Morgan fingerprint density at radius 2 is 1.82 bits per heavy atom. The maximum atomic E-state index is 11.7. The van der Waals surface area contributed by atoms with Gasteiger partial charge in [-0.3, -0.25) is 9.59 Å². The van der Waals surface area contributed by atoms with E-state index in [1.165, 1.54) is 0 Å². The quantitative estimate of drug-likeness (QED) is 0.814. The van der Waals surface area contributed by atoms with E-state index in [1.807, 2.05) is 30.3 Å². The number of aliphatic carboxylic acids is 1. The third-order valence-corrected chi connectivity index (χ3v) is 2.28. The van der Waals surface area contributed by atoms with Gasteiger partial charge in [-0.2, -0.15) is 0 Å². The molecule has 0 fully saturated rings. The first kappa shape index (κ1) is 13.2. The van der Waals surface area contributed by atoms with E-state index in [-0.39, 0.29) is 18.7 Å². The summed E-state index contributed by atoms with van der Waals surface area (Å²) < 4.78 is 0. The zero-order chi connectivity index (χ0) is 12.9. The molecule has 0 spiro atoms. The van der Waals surface area contributed by atoms with E-state index in [4.69, 9.17) is 5.11 Å². The van der Waals surface area contributed by atoms with Crippen molar-refractivity contribution in [1.29, 1.82) is 0 Å². The molecule has 0 aromatic heterocycles. The molecule has 1 amide bonds. The van der Waals surface area contributed by atoms with Gasteiger partial charge in [-0.1, -0.05) is 30.3 Å². The molecule has 0 saturated heterocycles. The van der Waals surface area contributed by atoms with Crippen LogP contribution >= 0.6 is 0 Å². The van der Waals surface area contributed by atoms with Crippen molar-refractivity contribution in [3.05, 3.63) is 35.9 Å². The minimum Gasteiger partial charge on any atom is -0.481 e. The van der Waals surface area contributed by atoms with E-state index >= 15 is 0 Å². The summed E-state index contributed by atoms with van der Waals surface area (Å²) in [6, 6.07) is 9.35. The Morgan fingerprint density at radius 1 is 1.24 bits per heavy atom. The van der Waals surface area contributed by atoms with Crippen molar-refractivity contribution in [2.75, 3.05) is 0 Å². The van der Waals surface area contributed by atoms with Gasteiger partial charge >= 0.3 is 5.97 Å². The summed E-state index contributed by atoms with van der Waals surface area (Å²) in [5.74, 6) is -1.09. The lowest BCUT2D eigenvalue weighted by atomic mass is 10.00. The molecule has 1 rings (SSSR count). The van der Waals surface area contributed by atoms with E-state index in [2.05, 4.69) is 5.32 Å². The standard InChI is InChI=1S/C13H17NO3/c1-13(2,9-12(16)17)14-11(15)8-10-6-4-3-5-7-10/h3-7H,8-9H2,1-2H3,(H,14,15)(H,16,17). The summed E-state index contributed by atoms with van der Waals surface area (Å²) in [6.45, 7) is 3.40. The first-order valence-electron chi connectivity index (χ1n) is 5.46. The molecular formula is C13H17NO3. The predicted octanol–water partition coefficient (Wildman–Crippen LogP) is 1.60. The van der Waals surface area contributed by atoms with E-state index < -0.39 is 11.5 Å². The summed E-state index contributed by atoms with van der Waals surface area (Å²) in [5, 5.41) is 11.4. The molecule has 0 aliphatic rings. The first-order chi connectivity index (χ1) is 7.89. The highest BCUT2D eigenvalue weighted by molar-refractivity contribution is 5.80. The lowest BCUT2D eigenvalue weighted by molar-refractivity contribution is -0.138. The largest absolute Gasteiger partial charge is 0.481 e. The minimum atomic E-state index is -0.921. The molecule has 0 unspecified atom stereocenters. The van der Waals surface area contributed by atoms with Gasteiger partial charge in [-0.25, -0.2) is 0 Å². The van der Waals surface area contributed by atoms with E-state index in [0.29, 0.717) is 0 Å². The van der Waals surface area contributed by atoms with Crippen LogP contribution in [0.15, 0.2) is 30.3 Å². The van der Waals surface area contributed by atoms with Crippen molar-refractivity contribution < 1.29 is 14.7 Å². The highest BCUT2D eigenvalue weighted by atomic mass is 16.4. The van der Waals surface area contributed by atoms with Crippen LogP contribution in [0.5, 0.6) is 0 Å². The first-order valence-corrected chi connectivity index (χ1v) is 5.46. The minimum absolute atomic E-state index is 0.0898. The Balaban J connectivity index is 2.52. The van der Waals surface area contributed by atoms with Gasteiger partial charge < -0.3 is 10.4 Å². The van der Waals surface area contributed by atoms with Crippen LogP contribution in [0.1, 0.15) is 25.8 Å². The Morgan fingerprint density at radius 3 is 2.35 bits per heavy atom. The zero-order valence-electron chi connectivity index (χ0n) is 10.1. The second-order valence-corrected chi connectivity index (χ2v) is 4.66. The van der Waals surface area contributed by atoms with Crippen LogP contribution < -0.4 is 5.32 Å². The molecule has 0 saturated carbocycles. The van der Waals surface area contributed by atoms with Crippen LogP contribution in [0.25, 0.3) is 0 Å². The lowest BCUT2D eigenvalue weighted by Crippen LogP contribution is -2.45. The summed E-state index contributed by atoms with van der Waals surface area (Å²) in [5.41, 5.74) is 0.189. The maximum absolute atomic E-state index is 11.7. The molecule has 4 nitrogen and oxygen atoms in total. The number of hydrogen-bond acceptors (Lipinski definition) is 2. The van der Waals surface area contributed by atoms with Gasteiger partial charge in [0.05, 0.1) is 12.8 Å². The Hall–Kier alpha value is -1.84. The summed E-state index contributed by atoms with van der Waals surface area (Å²) in [4.78, 5) is 22.3. The molecule has 0 aliphatic carbocycles. The molecule has 1 aromatic carbocycles. The van der Waals surface area contributed by atoms with Crippen molar-refractivity contribution in [2.24, 2.45) is 0 Å². The van der Waals surface area contributed by atoms with Gasteiger partial charge in [-0.05, 0) is 19.4 Å². The summed E-state index contributed by atoms with van der Waals surface area (Å²) in [6.07, 6.45) is 0.178. The van der Waals surface area contributed by atoms with Crippen LogP contribution in [0.4, 0.5) is 0 Å². The molecule has 17 heavy (non-hydrogen) atoms. The second kappa shape index (κ2) is 5.48. The van der Waals surface area contributed by atoms with Crippen molar-refractivity contribution >= 4 is 11.9 Å². The van der Waals surface area contributed by atoms with E-state index in [9.17, 15) is 9.59 Å². The summed E-state index contributed by atoms with van der Waals surface area (Å²) in [7, 11) is 0. The van der Waals surface area contributed by atoms with Gasteiger partial charge in [-0.15, -0.1) is 0 Å². The third kappa shape index (κ3) is 5.15. The van der Waals surface area contributed by atoms with Crippen LogP contribution in [0.2, 0.25) is 0 Å². The van der Waals surface area contributed by atoms with Crippen LogP contribution in [-0.4, -0.2) is 22.5 Å². The van der Waals surface area contributed by atoms with Crippen molar-refractivity contribution in [3.8, 4) is 0 Å². The average Bonchev–Trinajstić information content (AvgIpc) is 2.15. The number of hydrogen-bond donors (Lipinski definition) is 2. The van der Waals surface area contributed by atoms with Crippen LogP contribution in [-0.2, 0) is 16.0 Å². The van der Waals surface area contributed by atoms with Crippen molar-refractivity contribution in [1.82, 2.24) is 5.32 Å². The fourth-order valence-corrected chi connectivity index (χ4v) is 1.63. The number of benzene rings is 1. The van der Waals surface area contributed by atoms with Gasteiger partial charge in [0.25, 0.3) is 0 Å². The van der Waals surface area contributed by atoms with Crippen LogP contribution in [0, 0.1) is 0 Å². The molecule has 92 valence electrons. The molecular weight excluding hydrogens is 218 g/mol. The summed E-state index contributed by atoms with van der Waals surface area (Å²) >= 11 is 0. The number of carboxylic acid groups (broad SMARTS) is 1. The number of amides is 1. The normalized spacial score (nSPS) is 10.9. The Kier molecular flexibility index (Phi) is 4.26. The van der Waals surface area contributed by atoms with Crippen molar-refractivity contribution in [3.63, 3.8) is 0 Å². The Labute approximate surface area is 101 Å². The lowest BCUT2D eigenvalue weighted by Gasteiger charge is -2.24. The number of nitrogens with one attached hydrogen (secondary N) is 1. The zero-order valence-corrected chi connectivity index (χ0v) is 10.1. The number of carbonyl (C=O) groups is 2.